The van der Waals surface area contributed by atoms with Crippen molar-refractivity contribution in [3.8, 4) is 0 Å². The molecule has 1 aliphatic rings. The van der Waals surface area contributed by atoms with Crippen molar-refractivity contribution < 1.29 is 8.42 Å². The molecular formula is C23H31N5O2S2. The SMILES string of the molecule is CN(C)c1nc(N[C@H]2CC[C@@H](CNCc3ccc(S(C)(=O)=O)s3)CC2)nc2ccccc12. The molecule has 9 heteroatoms. The zero-order valence-electron chi connectivity index (χ0n) is 18.8. The van der Waals surface area contributed by atoms with Gasteiger partial charge in [-0.1, -0.05) is 12.1 Å². The van der Waals surface area contributed by atoms with Crippen molar-refractivity contribution in [2.45, 2.75) is 42.5 Å². The van der Waals surface area contributed by atoms with Crippen molar-refractivity contribution in [1.29, 1.82) is 0 Å². The first-order chi connectivity index (χ1) is 15.3. The van der Waals surface area contributed by atoms with Crippen molar-refractivity contribution in [1.82, 2.24) is 15.3 Å². The van der Waals surface area contributed by atoms with E-state index in [2.05, 4.69) is 16.7 Å². The zero-order chi connectivity index (χ0) is 22.7. The molecule has 3 aromatic rings. The van der Waals surface area contributed by atoms with E-state index in [1.54, 1.807) is 6.07 Å². The maximum absolute atomic E-state index is 11.6. The topological polar surface area (TPSA) is 87.2 Å². The predicted octanol–water partition coefficient (Wildman–Crippen LogP) is 3.92. The first-order valence-electron chi connectivity index (χ1n) is 11.0. The lowest BCUT2D eigenvalue weighted by molar-refractivity contribution is 0.324. The van der Waals surface area contributed by atoms with Crippen molar-refractivity contribution >= 4 is 43.8 Å². The number of anilines is 2. The van der Waals surface area contributed by atoms with Gasteiger partial charge in [-0.25, -0.2) is 13.4 Å². The standard InChI is InChI=1S/C23H31N5O2S2/c1-28(2)22-19-6-4-5-7-20(19)26-23(27-22)25-17-10-8-16(9-11-17)14-24-15-18-12-13-21(31-18)32(3,29)30/h4-7,12-13,16-17,24H,8-11,14-15H2,1-3H3,(H,25,26,27)/t16-,17+. The van der Waals surface area contributed by atoms with Gasteiger partial charge in [0, 0.05) is 43.2 Å². The Morgan fingerprint density at radius 1 is 1.06 bits per heavy atom. The third-order valence-electron chi connectivity index (χ3n) is 5.92. The lowest BCUT2D eigenvalue weighted by Crippen LogP contribution is -2.31. The highest BCUT2D eigenvalue weighted by Gasteiger charge is 2.22. The molecule has 0 saturated heterocycles. The molecule has 0 unspecified atom stereocenters. The quantitative estimate of drug-likeness (QED) is 0.513. The molecule has 1 fully saturated rings. The molecule has 0 radical (unpaired) electrons. The Kier molecular flexibility index (Phi) is 6.97. The van der Waals surface area contributed by atoms with E-state index in [0.717, 1.165) is 60.4 Å². The van der Waals surface area contributed by atoms with Gasteiger partial charge in [0.05, 0.1) is 5.52 Å². The second-order valence-electron chi connectivity index (χ2n) is 8.77. The van der Waals surface area contributed by atoms with E-state index >= 15 is 0 Å². The largest absolute Gasteiger partial charge is 0.362 e. The summed E-state index contributed by atoms with van der Waals surface area (Å²) in [4.78, 5) is 12.6. The Morgan fingerprint density at radius 3 is 2.50 bits per heavy atom. The second kappa shape index (κ2) is 9.72. The van der Waals surface area contributed by atoms with Gasteiger partial charge in [0.2, 0.25) is 5.95 Å². The number of thiophene rings is 1. The maximum atomic E-state index is 11.6. The number of fused-ring (bicyclic) bond motifs is 1. The minimum Gasteiger partial charge on any atom is -0.362 e. The fourth-order valence-corrected chi connectivity index (χ4v) is 6.16. The number of hydrogen-bond donors (Lipinski definition) is 2. The lowest BCUT2D eigenvalue weighted by atomic mass is 9.86. The van der Waals surface area contributed by atoms with Crippen molar-refractivity contribution in [2.75, 3.05) is 37.1 Å². The van der Waals surface area contributed by atoms with E-state index in [4.69, 9.17) is 9.97 Å². The van der Waals surface area contributed by atoms with Crippen LogP contribution in [0.4, 0.5) is 11.8 Å². The van der Waals surface area contributed by atoms with Gasteiger partial charge in [-0.15, -0.1) is 11.3 Å². The Labute approximate surface area is 194 Å². The smallest absolute Gasteiger partial charge is 0.225 e. The first kappa shape index (κ1) is 22.9. The molecule has 2 heterocycles. The van der Waals surface area contributed by atoms with Crippen molar-refractivity contribution in [2.24, 2.45) is 5.92 Å². The van der Waals surface area contributed by atoms with Crippen LogP contribution in [-0.2, 0) is 16.4 Å². The molecule has 32 heavy (non-hydrogen) atoms. The predicted molar refractivity (Wildman–Crippen MR) is 132 cm³/mol. The third kappa shape index (κ3) is 5.57. The summed E-state index contributed by atoms with van der Waals surface area (Å²) in [6, 6.07) is 12.1. The van der Waals surface area contributed by atoms with Crippen LogP contribution >= 0.6 is 11.3 Å². The fraction of sp³-hybridized carbons (Fsp3) is 0.478. The number of nitrogens with zero attached hydrogens (tertiary/aromatic N) is 3. The molecule has 7 nitrogen and oxygen atoms in total. The normalized spacial score (nSPS) is 19.2. The molecule has 2 N–H and O–H groups in total. The Hall–Kier alpha value is -2.23. The number of sulfone groups is 1. The van der Waals surface area contributed by atoms with E-state index in [-0.39, 0.29) is 0 Å². The summed E-state index contributed by atoms with van der Waals surface area (Å²) in [5.74, 6) is 2.27. The summed E-state index contributed by atoms with van der Waals surface area (Å²) >= 11 is 1.35. The number of para-hydroxylation sites is 1. The number of hydrogen-bond acceptors (Lipinski definition) is 8. The minimum absolute atomic E-state index is 0.386. The molecule has 4 rings (SSSR count). The number of aromatic nitrogens is 2. The van der Waals surface area contributed by atoms with Crippen LogP contribution < -0.4 is 15.5 Å². The van der Waals surface area contributed by atoms with Crippen LogP contribution in [0.1, 0.15) is 30.6 Å². The average molecular weight is 474 g/mol. The molecule has 1 saturated carbocycles. The van der Waals surface area contributed by atoms with Gasteiger partial charge in [-0.05, 0) is 62.4 Å². The summed E-state index contributed by atoms with van der Waals surface area (Å²) in [6.07, 6.45) is 5.75. The Morgan fingerprint density at radius 2 is 1.81 bits per heavy atom. The van der Waals surface area contributed by atoms with E-state index in [1.165, 1.54) is 17.6 Å². The van der Waals surface area contributed by atoms with Crippen LogP contribution in [0.25, 0.3) is 10.9 Å². The monoisotopic (exact) mass is 473 g/mol. The first-order valence-corrected chi connectivity index (χ1v) is 13.7. The van der Waals surface area contributed by atoms with Crippen LogP contribution in [0, 0.1) is 5.92 Å². The second-order valence-corrected chi connectivity index (χ2v) is 12.2. The van der Waals surface area contributed by atoms with Gasteiger partial charge in [0.15, 0.2) is 9.84 Å². The van der Waals surface area contributed by atoms with Crippen molar-refractivity contribution in [3.63, 3.8) is 0 Å². The molecule has 2 aromatic heterocycles. The molecule has 0 spiro atoms. The third-order valence-corrected chi connectivity index (χ3v) is 8.83. The van der Waals surface area contributed by atoms with E-state index in [9.17, 15) is 8.42 Å². The Bertz CT molecular complexity index is 1170. The van der Waals surface area contributed by atoms with E-state index in [1.807, 2.05) is 43.3 Å². The Balaban J connectivity index is 1.27. The number of benzene rings is 1. The molecule has 1 aromatic carbocycles. The van der Waals surface area contributed by atoms with Gasteiger partial charge in [0.25, 0.3) is 0 Å². The van der Waals surface area contributed by atoms with Crippen LogP contribution in [0.3, 0.4) is 0 Å². The van der Waals surface area contributed by atoms with Gasteiger partial charge in [-0.2, -0.15) is 4.98 Å². The van der Waals surface area contributed by atoms with E-state index < -0.39 is 9.84 Å². The van der Waals surface area contributed by atoms with E-state index in [0.29, 0.717) is 22.1 Å². The summed E-state index contributed by atoms with van der Waals surface area (Å²) in [7, 11) is 0.909. The van der Waals surface area contributed by atoms with Crippen LogP contribution in [0.15, 0.2) is 40.6 Å². The van der Waals surface area contributed by atoms with Gasteiger partial charge in [0.1, 0.15) is 10.0 Å². The van der Waals surface area contributed by atoms with Crippen LogP contribution in [0.5, 0.6) is 0 Å². The van der Waals surface area contributed by atoms with Crippen LogP contribution in [-0.4, -0.2) is 51.3 Å². The van der Waals surface area contributed by atoms with Crippen LogP contribution in [0.2, 0.25) is 0 Å². The lowest BCUT2D eigenvalue weighted by Gasteiger charge is -2.29. The van der Waals surface area contributed by atoms with Gasteiger partial charge >= 0.3 is 0 Å². The number of nitrogens with one attached hydrogen (secondary N) is 2. The summed E-state index contributed by atoms with van der Waals surface area (Å²) in [5.41, 5.74) is 0.958. The molecule has 172 valence electrons. The average Bonchev–Trinajstić information content (AvgIpc) is 3.24. The van der Waals surface area contributed by atoms with Gasteiger partial charge < -0.3 is 15.5 Å². The summed E-state index contributed by atoms with van der Waals surface area (Å²) in [6.45, 7) is 1.67. The molecular weight excluding hydrogens is 442 g/mol. The molecule has 1 aliphatic carbocycles. The maximum Gasteiger partial charge on any atom is 0.225 e. The summed E-state index contributed by atoms with van der Waals surface area (Å²) < 4.78 is 23.7. The minimum atomic E-state index is -3.11. The fourth-order valence-electron chi connectivity index (χ4n) is 4.21. The molecule has 0 atom stereocenters. The van der Waals surface area contributed by atoms with Gasteiger partial charge in [-0.3, -0.25) is 0 Å². The highest BCUT2D eigenvalue weighted by molar-refractivity contribution is 7.92. The number of rotatable bonds is 8. The highest BCUT2D eigenvalue weighted by Crippen LogP contribution is 2.28. The highest BCUT2D eigenvalue weighted by atomic mass is 32.2. The molecule has 0 aliphatic heterocycles. The van der Waals surface area contributed by atoms with Crippen molar-refractivity contribution in [3.05, 3.63) is 41.3 Å². The molecule has 0 amide bonds. The summed E-state index contributed by atoms with van der Waals surface area (Å²) in [5, 5.41) is 8.13. The zero-order valence-corrected chi connectivity index (χ0v) is 20.5. The molecule has 0 bridgehead atoms.